The average molecular weight is 316 g/mol. The topological polar surface area (TPSA) is 49.9 Å². The van der Waals surface area contributed by atoms with E-state index >= 15 is 0 Å². The van der Waals surface area contributed by atoms with E-state index in [0.717, 1.165) is 0 Å². The van der Waals surface area contributed by atoms with Gasteiger partial charge in [0, 0.05) is 20.0 Å². The van der Waals surface area contributed by atoms with Crippen molar-refractivity contribution in [1.29, 1.82) is 0 Å². The monoisotopic (exact) mass is 316 g/mol. The quantitative estimate of drug-likeness (QED) is 0.798. The third-order valence-electron chi connectivity index (χ3n) is 4.48. The largest absolute Gasteiger partial charge is 0.486 e. The molecule has 2 aliphatic rings. The number of likely N-dealkylation sites (tertiary alicyclic amines) is 1. The lowest BCUT2D eigenvalue weighted by atomic mass is 9.92. The normalized spacial score (nSPS) is 23.9. The molecule has 1 saturated heterocycles. The Labute approximate surface area is 137 Å². The van der Waals surface area contributed by atoms with E-state index in [1.807, 2.05) is 23.1 Å². The fourth-order valence-electron chi connectivity index (χ4n) is 3.26. The summed E-state index contributed by atoms with van der Waals surface area (Å²) in [5, 5.41) is 0. The van der Waals surface area contributed by atoms with Crippen molar-refractivity contribution in [2.45, 2.75) is 39.3 Å². The first kappa shape index (κ1) is 15.8. The van der Waals surface area contributed by atoms with Gasteiger partial charge in [0.2, 0.25) is 5.91 Å². The fourth-order valence-corrected chi connectivity index (χ4v) is 3.26. The van der Waals surface area contributed by atoms with Gasteiger partial charge in [-0.05, 0) is 17.5 Å². The van der Waals surface area contributed by atoms with Crippen LogP contribution in [0, 0.1) is 5.41 Å². The predicted molar refractivity (Wildman–Crippen MR) is 87.4 cm³/mol. The highest BCUT2D eigenvalue weighted by Gasteiger charge is 2.43. The summed E-state index contributed by atoms with van der Waals surface area (Å²) < 4.78 is 6.08. The minimum Gasteiger partial charge on any atom is -0.486 e. The summed E-state index contributed by atoms with van der Waals surface area (Å²) in [4.78, 5) is 28.7. The van der Waals surface area contributed by atoms with Gasteiger partial charge in [0.1, 0.15) is 11.9 Å². The Morgan fingerprint density at radius 2 is 1.96 bits per heavy atom. The molecule has 0 unspecified atom stereocenters. The summed E-state index contributed by atoms with van der Waals surface area (Å²) in [5.41, 5.74) is 0.550. The van der Waals surface area contributed by atoms with Gasteiger partial charge in [-0.15, -0.1) is 0 Å². The molecule has 124 valence electrons. The Balaban J connectivity index is 1.82. The van der Waals surface area contributed by atoms with Gasteiger partial charge in [-0.25, -0.2) is 0 Å². The lowest BCUT2D eigenvalue weighted by Gasteiger charge is -2.25. The highest BCUT2D eigenvalue weighted by molar-refractivity contribution is 5.97. The van der Waals surface area contributed by atoms with Gasteiger partial charge in [0.05, 0.1) is 18.2 Å². The minimum atomic E-state index is -0.170. The van der Waals surface area contributed by atoms with E-state index in [4.69, 9.17) is 4.74 Å². The van der Waals surface area contributed by atoms with Crippen molar-refractivity contribution < 1.29 is 14.3 Å². The van der Waals surface area contributed by atoms with E-state index in [0.29, 0.717) is 30.8 Å². The molecule has 2 aliphatic heterocycles. The third-order valence-corrected chi connectivity index (χ3v) is 4.48. The summed E-state index contributed by atoms with van der Waals surface area (Å²) in [5.74, 6) is 0.698. The van der Waals surface area contributed by atoms with E-state index < -0.39 is 0 Å². The lowest BCUT2D eigenvalue weighted by molar-refractivity contribution is -0.132. The first-order valence-corrected chi connectivity index (χ1v) is 8.07. The van der Waals surface area contributed by atoms with E-state index in [1.165, 1.54) is 0 Å². The second-order valence-corrected chi connectivity index (χ2v) is 7.67. The number of para-hydroxylation sites is 1. The Hall–Kier alpha value is -2.04. The van der Waals surface area contributed by atoms with Crippen molar-refractivity contribution >= 4 is 11.8 Å². The summed E-state index contributed by atoms with van der Waals surface area (Å²) in [7, 11) is 1.79. The first-order valence-electron chi connectivity index (χ1n) is 8.07. The lowest BCUT2D eigenvalue weighted by Crippen LogP contribution is -2.44. The van der Waals surface area contributed by atoms with Crippen LogP contribution >= 0.6 is 0 Å². The van der Waals surface area contributed by atoms with Gasteiger partial charge in [0.15, 0.2) is 0 Å². The van der Waals surface area contributed by atoms with Gasteiger partial charge in [-0.1, -0.05) is 32.9 Å². The van der Waals surface area contributed by atoms with Gasteiger partial charge in [-0.3, -0.25) is 9.59 Å². The first-order chi connectivity index (χ1) is 10.8. The zero-order valence-electron chi connectivity index (χ0n) is 14.2. The maximum absolute atomic E-state index is 12.6. The number of ether oxygens (including phenoxy) is 1. The summed E-state index contributed by atoms with van der Waals surface area (Å²) in [6.45, 7) is 7.24. The van der Waals surface area contributed by atoms with Crippen LogP contribution in [0.25, 0.3) is 0 Å². The summed E-state index contributed by atoms with van der Waals surface area (Å²) >= 11 is 0. The second-order valence-electron chi connectivity index (χ2n) is 7.67. The number of nitrogens with zero attached hydrogens (tertiary/aromatic N) is 2. The van der Waals surface area contributed by atoms with E-state index in [1.54, 1.807) is 18.0 Å². The molecule has 0 aliphatic carbocycles. The molecule has 2 atom stereocenters. The number of benzene rings is 1. The zero-order chi connectivity index (χ0) is 16.8. The van der Waals surface area contributed by atoms with Crippen molar-refractivity contribution in [2.75, 3.05) is 20.1 Å². The number of hydrogen-bond donors (Lipinski definition) is 0. The van der Waals surface area contributed by atoms with Gasteiger partial charge in [0.25, 0.3) is 5.91 Å². The highest BCUT2D eigenvalue weighted by atomic mass is 16.5. The van der Waals surface area contributed by atoms with Crippen molar-refractivity contribution in [3.05, 3.63) is 29.8 Å². The number of hydrogen-bond acceptors (Lipinski definition) is 3. The summed E-state index contributed by atoms with van der Waals surface area (Å²) in [6, 6.07) is 7.22. The van der Waals surface area contributed by atoms with Crippen molar-refractivity contribution in [2.24, 2.45) is 5.41 Å². The van der Waals surface area contributed by atoms with Gasteiger partial charge >= 0.3 is 0 Å². The van der Waals surface area contributed by atoms with Crippen LogP contribution in [0.4, 0.5) is 0 Å². The van der Waals surface area contributed by atoms with Crippen LogP contribution in [0.2, 0.25) is 0 Å². The van der Waals surface area contributed by atoms with Crippen LogP contribution in [0.1, 0.15) is 37.6 Å². The number of amides is 2. The van der Waals surface area contributed by atoms with Crippen LogP contribution in [0.15, 0.2) is 24.3 Å². The molecule has 0 saturated carbocycles. The number of carbonyl (C=O) groups is 2. The van der Waals surface area contributed by atoms with Crippen molar-refractivity contribution in [3.63, 3.8) is 0 Å². The minimum absolute atomic E-state index is 0.0433. The smallest absolute Gasteiger partial charge is 0.257 e. The highest BCUT2D eigenvalue weighted by Crippen LogP contribution is 2.31. The molecule has 0 radical (unpaired) electrons. The standard InChI is InChI=1S/C18H24N2O3/c1-18(2,3)9-16(21)20-10-13-15(11-20)23-14-8-6-5-7-12(14)17(22)19(13)4/h5-8,13,15H,9-11H2,1-4H3/t13-,15+/m1/s1. The van der Waals surface area contributed by atoms with Crippen LogP contribution in [-0.2, 0) is 4.79 Å². The Bertz CT molecular complexity index is 635. The number of rotatable bonds is 1. The molecule has 0 bridgehead atoms. The molecule has 1 aromatic carbocycles. The molecule has 2 amide bonds. The maximum atomic E-state index is 12.6. The molecule has 5 nitrogen and oxygen atoms in total. The molecule has 1 aromatic rings. The van der Waals surface area contributed by atoms with Crippen molar-refractivity contribution in [3.8, 4) is 5.75 Å². The summed E-state index contributed by atoms with van der Waals surface area (Å²) in [6.07, 6.45) is 0.331. The molecular formula is C18H24N2O3. The average Bonchev–Trinajstić information content (AvgIpc) is 2.85. The zero-order valence-corrected chi connectivity index (χ0v) is 14.2. The van der Waals surface area contributed by atoms with Crippen LogP contribution in [0.5, 0.6) is 5.75 Å². The fraction of sp³-hybridized carbons (Fsp3) is 0.556. The molecule has 23 heavy (non-hydrogen) atoms. The van der Waals surface area contributed by atoms with Crippen LogP contribution in [0.3, 0.4) is 0 Å². The van der Waals surface area contributed by atoms with E-state index in [-0.39, 0.29) is 29.4 Å². The number of carbonyl (C=O) groups excluding carboxylic acids is 2. The molecule has 5 heteroatoms. The molecule has 2 heterocycles. The Kier molecular flexibility index (Phi) is 3.82. The van der Waals surface area contributed by atoms with Gasteiger partial charge in [-0.2, -0.15) is 0 Å². The van der Waals surface area contributed by atoms with Crippen LogP contribution < -0.4 is 4.74 Å². The van der Waals surface area contributed by atoms with Crippen molar-refractivity contribution in [1.82, 2.24) is 9.80 Å². The van der Waals surface area contributed by atoms with E-state index in [9.17, 15) is 9.59 Å². The molecule has 3 rings (SSSR count). The SMILES string of the molecule is CN1C(=O)c2ccccc2O[C@H]2CN(C(=O)CC(C)(C)C)C[C@H]21. The number of fused-ring (bicyclic) bond motifs is 2. The Morgan fingerprint density at radius 3 is 2.65 bits per heavy atom. The second kappa shape index (κ2) is 5.55. The molecule has 0 aromatic heterocycles. The molecular weight excluding hydrogens is 292 g/mol. The third kappa shape index (κ3) is 3.05. The molecule has 0 N–H and O–H groups in total. The molecule has 0 spiro atoms. The number of likely N-dealkylation sites (N-methyl/N-ethyl adjacent to an activating group) is 1. The predicted octanol–water partition coefficient (Wildman–Crippen LogP) is 2.17. The van der Waals surface area contributed by atoms with Crippen LogP contribution in [-0.4, -0.2) is 53.9 Å². The Morgan fingerprint density at radius 1 is 1.26 bits per heavy atom. The van der Waals surface area contributed by atoms with E-state index in [2.05, 4.69) is 20.8 Å². The molecule has 1 fully saturated rings. The van der Waals surface area contributed by atoms with Gasteiger partial charge < -0.3 is 14.5 Å². The maximum Gasteiger partial charge on any atom is 0.257 e.